The third kappa shape index (κ3) is 8.15. The molecule has 1 N–H and O–H groups in total. The maximum absolute atomic E-state index is 13.5. The molecule has 226 valence electrons. The largest absolute Gasteiger partial charge is 0.493 e. The summed E-state index contributed by atoms with van der Waals surface area (Å²) < 4.78 is 46.3. The third-order valence-corrected chi connectivity index (χ3v) is 6.78. The molecule has 2 aromatic rings. The van der Waals surface area contributed by atoms with Crippen LogP contribution in [0.4, 0.5) is 4.39 Å². The molecule has 1 aromatic carbocycles. The minimum Gasteiger partial charge on any atom is -0.493 e. The van der Waals surface area contributed by atoms with Gasteiger partial charge in [-0.1, -0.05) is 12.1 Å². The summed E-state index contributed by atoms with van der Waals surface area (Å²) in [6.45, 7) is 2.11. The Morgan fingerprint density at radius 1 is 1.12 bits per heavy atom. The normalized spacial score (nSPS) is 22.4. The van der Waals surface area contributed by atoms with Gasteiger partial charge in [0, 0.05) is 25.1 Å². The Bertz CT molecular complexity index is 1280. The molecule has 13 heteroatoms. The predicted octanol–water partition coefficient (Wildman–Crippen LogP) is 2.37. The molecule has 0 bridgehead atoms. The lowest BCUT2D eigenvalue weighted by molar-refractivity contribution is -0.172. The SMILES string of the molecule is COc1ccnc(C(=O)NC2COCC(Cc3ccc(F)cc3)C(OC(=O)C3CC3)C(C)OC2=O)c1OCOC(C)=O. The second kappa shape index (κ2) is 14.1. The van der Waals surface area contributed by atoms with Gasteiger partial charge in [-0.2, -0.15) is 0 Å². The molecule has 4 unspecified atom stereocenters. The topological polar surface area (TPSA) is 149 Å². The van der Waals surface area contributed by atoms with Gasteiger partial charge in [-0.05, 0) is 43.9 Å². The summed E-state index contributed by atoms with van der Waals surface area (Å²) >= 11 is 0. The Hall–Kier alpha value is -4.26. The standard InChI is InChI=1S/C29H33FN2O10/c1-16-25(42-28(35)19-6-7-19)20(12-18-4-8-21(30)9-5-18)13-38-14-22(29(36)41-16)32-27(34)24-26(40-15-39-17(2)33)23(37-3)10-11-31-24/h4-5,8-11,16,19-20,22,25H,6-7,12-15H2,1-3H3,(H,32,34). The van der Waals surface area contributed by atoms with Crippen LogP contribution in [0.1, 0.15) is 42.7 Å². The number of ether oxygens (including phenoxy) is 6. The van der Waals surface area contributed by atoms with Crippen molar-refractivity contribution in [1.82, 2.24) is 10.3 Å². The number of rotatable bonds is 10. The number of halogens is 1. The average Bonchev–Trinajstić information content (AvgIpc) is 3.81. The number of nitrogens with zero attached hydrogens (tertiary/aromatic N) is 1. The van der Waals surface area contributed by atoms with Crippen LogP contribution in [-0.2, 0) is 39.8 Å². The molecule has 0 radical (unpaired) electrons. The smallest absolute Gasteiger partial charge is 0.331 e. The van der Waals surface area contributed by atoms with Crippen LogP contribution in [0.25, 0.3) is 0 Å². The maximum atomic E-state index is 13.5. The maximum Gasteiger partial charge on any atom is 0.331 e. The first-order valence-corrected chi connectivity index (χ1v) is 13.5. The Balaban J connectivity index is 1.52. The first kappa shape index (κ1) is 30.7. The van der Waals surface area contributed by atoms with Crippen molar-refractivity contribution in [2.24, 2.45) is 11.8 Å². The quantitative estimate of drug-likeness (QED) is 0.248. The molecule has 2 fully saturated rings. The third-order valence-electron chi connectivity index (χ3n) is 6.78. The Morgan fingerprint density at radius 3 is 2.52 bits per heavy atom. The first-order chi connectivity index (χ1) is 20.2. The molecule has 1 aliphatic heterocycles. The van der Waals surface area contributed by atoms with Crippen molar-refractivity contribution in [3.05, 3.63) is 53.6 Å². The van der Waals surface area contributed by atoms with Gasteiger partial charge in [-0.3, -0.25) is 14.4 Å². The van der Waals surface area contributed by atoms with Crippen LogP contribution >= 0.6 is 0 Å². The number of hydrogen-bond acceptors (Lipinski definition) is 11. The van der Waals surface area contributed by atoms with Crippen molar-refractivity contribution in [1.29, 1.82) is 0 Å². The molecular formula is C29H33FN2O10. The number of aromatic nitrogens is 1. The second-order valence-corrected chi connectivity index (χ2v) is 10.1. The van der Waals surface area contributed by atoms with E-state index in [1.165, 1.54) is 38.4 Å². The summed E-state index contributed by atoms with van der Waals surface area (Å²) in [5, 5.41) is 2.55. The summed E-state index contributed by atoms with van der Waals surface area (Å²) in [6, 6.07) is 6.13. The highest BCUT2D eigenvalue weighted by Crippen LogP contribution is 2.33. The molecule has 0 spiro atoms. The second-order valence-electron chi connectivity index (χ2n) is 10.1. The number of nitrogens with one attached hydrogen (secondary N) is 1. The van der Waals surface area contributed by atoms with Crippen LogP contribution in [-0.4, -0.2) is 74.2 Å². The fourth-order valence-electron chi connectivity index (χ4n) is 4.45. The van der Waals surface area contributed by atoms with Crippen molar-refractivity contribution in [2.75, 3.05) is 27.1 Å². The highest BCUT2D eigenvalue weighted by atomic mass is 19.1. The average molecular weight is 589 g/mol. The van der Waals surface area contributed by atoms with Crippen molar-refractivity contribution in [3.63, 3.8) is 0 Å². The lowest BCUT2D eigenvalue weighted by Gasteiger charge is -2.30. The van der Waals surface area contributed by atoms with Crippen molar-refractivity contribution in [2.45, 2.75) is 51.4 Å². The number of carbonyl (C=O) groups excluding carboxylic acids is 4. The molecule has 2 aliphatic rings. The number of carbonyl (C=O) groups is 4. The van der Waals surface area contributed by atoms with Crippen LogP contribution < -0.4 is 14.8 Å². The fraction of sp³-hybridized carbons (Fsp3) is 0.483. The molecule has 4 atom stereocenters. The van der Waals surface area contributed by atoms with Gasteiger partial charge in [0.15, 0.2) is 23.2 Å². The highest BCUT2D eigenvalue weighted by Gasteiger charge is 2.40. The van der Waals surface area contributed by atoms with Crippen LogP contribution in [0, 0.1) is 17.7 Å². The van der Waals surface area contributed by atoms with Crippen LogP contribution in [0.15, 0.2) is 36.5 Å². The van der Waals surface area contributed by atoms with Crippen LogP contribution in [0.3, 0.4) is 0 Å². The number of esters is 3. The molecular weight excluding hydrogens is 555 g/mol. The van der Waals surface area contributed by atoms with Crippen LogP contribution in [0.5, 0.6) is 11.5 Å². The molecule has 2 heterocycles. The summed E-state index contributed by atoms with van der Waals surface area (Å²) in [5.41, 5.74) is 0.554. The Morgan fingerprint density at radius 2 is 1.86 bits per heavy atom. The lowest BCUT2D eigenvalue weighted by atomic mass is 9.91. The summed E-state index contributed by atoms with van der Waals surface area (Å²) in [7, 11) is 1.36. The van der Waals surface area contributed by atoms with E-state index in [9.17, 15) is 23.6 Å². The van der Waals surface area contributed by atoms with Gasteiger partial charge in [0.1, 0.15) is 18.0 Å². The van der Waals surface area contributed by atoms with Gasteiger partial charge in [0.05, 0.1) is 26.2 Å². The van der Waals surface area contributed by atoms with Gasteiger partial charge < -0.3 is 33.7 Å². The number of cyclic esters (lactones) is 1. The summed E-state index contributed by atoms with van der Waals surface area (Å²) in [4.78, 5) is 54.3. The fourth-order valence-corrected chi connectivity index (χ4v) is 4.45. The molecule has 4 rings (SSSR count). The monoisotopic (exact) mass is 588 g/mol. The number of hydrogen-bond donors (Lipinski definition) is 1. The zero-order chi connectivity index (χ0) is 30.2. The molecule has 1 aromatic heterocycles. The van der Waals surface area contributed by atoms with E-state index in [0.29, 0.717) is 6.42 Å². The molecule has 12 nitrogen and oxygen atoms in total. The van der Waals surface area contributed by atoms with Crippen molar-refractivity contribution in [3.8, 4) is 11.5 Å². The molecule has 1 saturated heterocycles. The number of amides is 1. The minimum absolute atomic E-state index is 0.0570. The first-order valence-electron chi connectivity index (χ1n) is 13.5. The molecule has 42 heavy (non-hydrogen) atoms. The van der Waals surface area contributed by atoms with Gasteiger partial charge in [0.25, 0.3) is 5.91 Å². The summed E-state index contributed by atoms with van der Waals surface area (Å²) in [6.07, 6.45) is 1.41. The van der Waals surface area contributed by atoms with E-state index in [1.807, 2.05) is 0 Å². The van der Waals surface area contributed by atoms with E-state index in [0.717, 1.165) is 18.4 Å². The zero-order valence-corrected chi connectivity index (χ0v) is 23.5. The molecule has 1 amide bonds. The van der Waals surface area contributed by atoms with E-state index in [-0.39, 0.29) is 48.1 Å². The van der Waals surface area contributed by atoms with E-state index in [1.54, 1.807) is 19.1 Å². The lowest BCUT2D eigenvalue weighted by Crippen LogP contribution is -2.47. The van der Waals surface area contributed by atoms with E-state index in [2.05, 4.69) is 10.3 Å². The summed E-state index contributed by atoms with van der Waals surface area (Å²) in [5.74, 6) is -3.54. The number of methoxy groups -OCH3 is 1. The zero-order valence-electron chi connectivity index (χ0n) is 23.5. The van der Waals surface area contributed by atoms with Gasteiger partial charge >= 0.3 is 17.9 Å². The Labute approximate surface area is 241 Å². The number of benzene rings is 1. The minimum atomic E-state index is -1.25. The van der Waals surface area contributed by atoms with Gasteiger partial charge in [-0.15, -0.1) is 0 Å². The molecule has 1 saturated carbocycles. The van der Waals surface area contributed by atoms with Crippen molar-refractivity contribution < 1.29 is 52.0 Å². The van der Waals surface area contributed by atoms with Crippen LogP contribution in [0.2, 0.25) is 0 Å². The van der Waals surface area contributed by atoms with Crippen molar-refractivity contribution >= 4 is 23.8 Å². The molecule has 1 aliphatic carbocycles. The van der Waals surface area contributed by atoms with E-state index >= 15 is 0 Å². The van der Waals surface area contributed by atoms with E-state index < -0.39 is 48.8 Å². The Kier molecular flexibility index (Phi) is 10.3. The van der Waals surface area contributed by atoms with Gasteiger partial charge in [0.2, 0.25) is 6.79 Å². The highest BCUT2D eigenvalue weighted by molar-refractivity contribution is 5.98. The van der Waals surface area contributed by atoms with Gasteiger partial charge in [-0.25, -0.2) is 14.2 Å². The van der Waals surface area contributed by atoms with E-state index in [4.69, 9.17) is 28.4 Å². The predicted molar refractivity (Wildman–Crippen MR) is 142 cm³/mol. The number of pyridine rings is 1.